The van der Waals surface area contributed by atoms with Gasteiger partial charge in [-0.2, -0.15) is 5.10 Å². The predicted molar refractivity (Wildman–Crippen MR) is 132 cm³/mol. The first-order valence-corrected chi connectivity index (χ1v) is 13.0. The van der Waals surface area contributed by atoms with Crippen molar-refractivity contribution in [3.63, 3.8) is 0 Å². The topological polar surface area (TPSA) is 114 Å². The fourth-order valence-electron chi connectivity index (χ4n) is 4.83. The number of H-pyrrole nitrogens is 1. The maximum Gasteiger partial charge on any atom is 0.250 e. The molecule has 34 heavy (non-hydrogen) atoms. The van der Waals surface area contributed by atoms with Gasteiger partial charge in [-0.1, -0.05) is 12.1 Å². The number of fused-ring (bicyclic) bond motifs is 1. The Hall–Kier alpha value is -3.43. The van der Waals surface area contributed by atoms with Crippen molar-refractivity contribution in [2.75, 3.05) is 18.8 Å². The van der Waals surface area contributed by atoms with Crippen LogP contribution in [0.15, 0.2) is 61.1 Å². The van der Waals surface area contributed by atoms with Crippen LogP contribution in [0.3, 0.4) is 0 Å². The van der Waals surface area contributed by atoms with Gasteiger partial charge in [-0.15, -0.1) is 0 Å². The van der Waals surface area contributed by atoms with Gasteiger partial charge in [0, 0.05) is 37.1 Å². The van der Waals surface area contributed by atoms with Crippen molar-refractivity contribution in [2.24, 2.45) is 5.73 Å². The number of nitrogens with zero attached hydrogens (tertiary/aromatic N) is 3. The van der Waals surface area contributed by atoms with Gasteiger partial charge in [-0.25, -0.2) is 17.4 Å². The molecule has 1 fully saturated rings. The lowest BCUT2D eigenvalue weighted by molar-refractivity contribution is 0.100. The maximum absolute atomic E-state index is 12.3. The Balaban J connectivity index is 1.54. The number of aromatic nitrogens is 3. The molecule has 2 aromatic heterocycles. The Morgan fingerprint density at radius 3 is 2.62 bits per heavy atom. The molecule has 0 spiro atoms. The second-order valence-corrected chi connectivity index (χ2v) is 10.9. The number of aromatic amines is 1. The molecule has 0 bridgehead atoms. The standard InChI is InChI=1S/C25H27N5O3S/c1-2-34(32,33)29-11-7-17(8-12-29)23-16-27-24-21(23)14-19(15-22(24)25(26)31)18-5-3-6-20(13-18)30-10-4-9-28-30/h3-6,9-10,13-17,27H,2,7-8,11-12H2,1H3,(H2,26,31). The van der Waals surface area contributed by atoms with Gasteiger partial charge in [0.2, 0.25) is 10.0 Å². The molecular formula is C25H27N5O3S. The van der Waals surface area contributed by atoms with Gasteiger partial charge in [0.05, 0.1) is 22.5 Å². The number of hydrogen-bond acceptors (Lipinski definition) is 4. The van der Waals surface area contributed by atoms with Crippen LogP contribution in [0.2, 0.25) is 0 Å². The van der Waals surface area contributed by atoms with Crippen molar-refractivity contribution in [3.05, 3.63) is 72.2 Å². The number of nitrogens with two attached hydrogens (primary N) is 1. The van der Waals surface area contributed by atoms with E-state index < -0.39 is 15.9 Å². The van der Waals surface area contributed by atoms with Crippen LogP contribution in [-0.2, 0) is 10.0 Å². The summed E-state index contributed by atoms with van der Waals surface area (Å²) in [7, 11) is -3.18. The fraction of sp³-hybridized carbons (Fsp3) is 0.280. The molecule has 1 amide bonds. The van der Waals surface area contributed by atoms with Crippen LogP contribution >= 0.6 is 0 Å². The van der Waals surface area contributed by atoms with E-state index in [0.29, 0.717) is 18.7 Å². The number of primary amides is 1. The van der Waals surface area contributed by atoms with Gasteiger partial charge in [0.1, 0.15) is 0 Å². The van der Waals surface area contributed by atoms with Gasteiger partial charge in [-0.05, 0) is 72.7 Å². The second kappa shape index (κ2) is 8.73. The minimum Gasteiger partial charge on any atom is -0.366 e. The smallest absolute Gasteiger partial charge is 0.250 e. The molecule has 1 aliphatic heterocycles. The average molecular weight is 478 g/mol. The summed E-state index contributed by atoms with van der Waals surface area (Å²) in [4.78, 5) is 15.6. The minimum atomic E-state index is -3.18. The Kier molecular flexibility index (Phi) is 5.75. The monoisotopic (exact) mass is 477 g/mol. The Bertz CT molecular complexity index is 1450. The van der Waals surface area contributed by atoms with E-state index in [1.165, 1.54) is 0 Å². The van der Waals surface area contributed by atoms with E-state index in [-0.39, 0.29) is 11.7 Å². The lowest BCUT2D eigenvalue weighted by Gasteiger charge is -2.31. The van der Waals surface area contributed by atoms with Crippen LogP contribution < -0.4 is 5.73 Å². The first kappa shape index (κ1) is 22.4. The van der Waals surface area contributed by atoms with Gasteiger partial charge >= 0.3 is 0 Å². The van der Waals surface area contributed by atoms with Crippen LogP contribution in [0, 0.1) is 0 Å². The zero-order chi connectivity index (χ0) is 23.9. The molecule has 4 aromatic rings. The third kappa shape index (κ3) is 4.01. The summed E-state index contributed by atoms with van der Waals surface area (Å²) >= 11 is 0. The number of benzene rings is 2. The molecule has 8 nitrogen and oxygen atoms in total. The molecule has 0 radical (unpaired) electrons. The number of rotatable bonds is 6. The highest BCUT2D eigenvalue weighted by atomic mass is 32.2. The second-order valence-electron chi connectivity index (χ2n) is 8.63. The molecule has 0 saturated carbocycles. The summed E-state index contributed by atoms with van der Waals surface area (Å²) in [5, 5.41) is 5.26. The van der Waals surface area contributed by atoms with Crippen molar-refractivity contribution in [1.82, 2.24) is 19.1 Å². The molecule has 3 N–H and O–H groups in total. The molecule has 0 unspecified atom stereocenters. The normalized spacial score (nSPS) is 15.7. The number of sulfonamides is 1. The molecule has 3 heterocycles. The van der Waals surface area contributed by atoms with E-state index in [4.69, 9.17) is 5.73 Å². The molecule has 0 aliphatic carbocycles. The highest BCUT2D eigenvalue weighted by molar-refractivity contribution is 7.89. The SMILES string of the molecule is CCS(=O)(=O)N1CCC(c2c[nH]c3c(C(N)=O)cc(-c4cccc(-n5cccn5)c4)cc23)CC1. The zero-order valence-corrected chi connectivity index (χ0v) is 19.8. The third-order valence-corrected chi connectivity index (χ3v) is 8.57. The number of piperidine rings is 1. The molecule has 9 heteroatoms. The molecule has 1 saturated heterocycles. The summed E-state index contributed by atoms with van der Waals surface area (Å²) < 4.78 is 27.9. The van der Waals surface area contributed by atoms with Crippen LogP contribution in [0.25, 0.3) is 27.7 Å². The highest BCUT2D eigenvalue weighted by Gasteiger charge is 2.29. The van der Waals surface area contributed by atoms with Gasteiger partial charge in [0.25, 0.3) is 5.91 Å². The quantitative estimate of drug-likeness (QED) is 0.441. The average Bonchev–Trinajstić information content (AvgIpc) is 3.54. The highest BCUT2D eigenvalue weighted by Crippen LogP contribution is 2.37. The van der Waals surface area contributed by atoms with Crippen LogP contribution in [0.4, 0.5) is 0 Å². The molecule has 0 atom stereocenters. The Labute approximate surface area is 198 Å². The summed E-state index contributed by atoms with van der Waals surface area (Å²) in [6.07, 6.45) is 7.02. The number of nitrogens with one attached hydrogen (secondary N) is 1. The van der Waals surface area contributed by atoms with Crippen LogP contribution in [0.5, 0.6) is 0 Å². The number of carbonyl (C=O) groups is 1. The molecule has 1 aliphatic rings. The first-order chi connectivity index (χ1) is 16.4. The van der Waals surface area contributed by atoms with E-state index in [0.717, 1.165) is 46.1 Å². The van der Waals surface area contributed by atoms with Gasteiger partial charge in [0.15, 0.2) is 0 Å². The number of hydrogen-bond donors (Lipinski definition) is 2. The largest absolute Gasteiger partial charge is 0.366 e. The zero-order valence-electron chi connectivity index (χ0n) is 18.9. The third-order valence-electron chi connectivity index (χ3n) is 6.69. The Morgan fingerprint density at radius 1 is 1.15 bits per heavy atom. The molecule has 5 rings (SSSR count). The van der Waals surface area contributed by atoms with E-state index in [2.05, 4.69) is 16.1 Å². The Morgan fingerprint density at radius 2 is 1.94 bits per heavy atom. The van der Waals surface area contributed by atoms with E-state index in [1.807, 2.05) is 48.8 Å². The number of amides is 1. The van der Waals surface area contributed by atoms with Crippen LogP contribution in [-0.4, -0.2) is 52.2 Å². The summed E-state index contributed by atoms with van der Waals surface area (Å²) in [5.41, 5.74) is 10.8. The van der Waals surface area contributed by atoms with Crippen molar-refractivity contribution in [1.29, 1.82) is 0 Å². The van der Waals surface area contributed by atoms with Crippen molar-refractivity contribution in [2.45, 2.75) is 25.7 Å². The first-order valence-electron chi connectivity index (χ1n) is 11.4. The van der Waals surface area contributed by atoms with Gasteiger partial charge in [-0.3, -0.25) is 4.79 Å². The maximum atomic E-state index is 12.3. The molecular weight excluding hydrogens is 450 g/mol. The molecule has 2 aromatic carbocycles. The lowest BCUT2D eigenvalue weighted by atomic mass is 9.88. The van der Waals surface area contributed by atoms with Crippen molar-refractivity contribution < 1.29 is 13.2 Å². The fourth-order valence-corrected chi connectivity index (χ4v) is 5.96. The van der Waals surface area contributed by atoms with E-state index >= 15 is 0 Å². The lowest BCUT2D eigenvalue weighted by Crippen LogP contribution is -2.38. The summed E-state index contributed by atoms with van der Waals surface area (Å²) in [5.74, 6) is -0.177. The molecule has 176 valence electrons. The van der Waals surface area contributed by atoms with Gasteiger partial charge < -0.3 is 10.7 Å². The summed E-state index contributed by atoms with van der Waals surface area (Å²) in [6, 6.07) is 13.7. The van der Waals surface area contributed by atoms with Crippen molar-refractivity contribution >= 4 is 26.8 Å². The minimum absolute atomic E-state index is 0.119. The van der Waals surface area contributed by atoms with E-state index in [1.54, 1.807) is 22.1 Å². The predicted octanol–water partition coefficient (Wildman–Crippen LogP) is 3.65. The van der Waals surface area contributed by atoms with Crippen molar-refractivity contribution in [3.8, 4) is 16.8 Å². The van der Waals surface area contributed by atoms with Crippen LogP contribution in [0.1, 0.15) is 41.6 Å². The number of carbonyl (C=O) groups excluding carboxylic acids is 1. The van der Waals surface area contributed by atoms with E-state index in [9.17, 15) is 13.2 Å². The summed E-state index contributed by atoms with van der Waals surface area (Å²) in [6.45, 7) is 2.68.